The quantitative estimate of drug-likeness (QED) is 0.387. The molecule has 1 atom stereocenters. The summed E-state index contributed by atoms with van der Waals surface area (Å²) < 4.78 is 21.9. The number of rotatable bonds is 7. The van der Waals surface area contributed by atoms with Gasteiger partial charge >= 0.3 is 5.97 Å². The van der Waals surface area contributed by atoms with Gasteiger partial charge in [0.2, 0.25) is 0 Å². The van der Waals surface area contributed by atoms with Crippen LogP contribution in [-0.2, 0) is 18.6 Å². The predicted molar refractivity (Wildman–Crippen MR) is 60.4 cm³/mol. The fourth-order valence-electron chi connectivity index (χ4n) is 0.939. The van der Waals surface area contributed by atoms with Gasteiger partial charge in [-0.05, 0) is 12.3 Å². The van der Waals surface area contributed by atoms with Gasteiger partial charge in [-0.15, -0.1) is 0 Å². The zero-order valence-electron chi connectivity index (χ0n) is 9.99. The third kappa shape index (κ3) is 9.95. The highest BCUT2D eigenvalue weighted by molar-refractivity contribution is 7.58. The van der Waals surface area contributed by atoms with E-state index < -0.39 is 7.37 Å². The van der Waals surface area contributed by atoms with Gasteiger partial charge in [0.1, 0.15) is 0 Å². The molecule has 0 aliphatic rings. The van der Waals surface area contributed by atoms with Crippen LogP contribution in [0.5, 0.6) is 0 Å². The van der Waals surface area contributed by atoms with Crippen LogP contribution in [0.2, 0.25) is 0 Å². The lowest BCUT2D eigenvalue weighted by atomic mass is 10.2. The highest BCUT2D eigenvalue weighted by atomic mass is 31.2. The Morgan fingerprint density at radius 1 is 1.40 bits per heavy atom. The standard InChI is InChI=1S/C10H21O4P/c1-9(2)8-14-15(4,12)7-5-6-13-10(3)11/h9H,5-8H2,1-4H3. The second-order valence-electron chi connectivity index (χ2n) is 4.12. The molecule has 0 aromatic rings. The summed E-state index contributed by atoms with van der Waals surface area (Å²) in [5, 5.41) is 0. The molecule has 0 saturated carbocycles. The average Bonchev–Trinajstić information content (AvgIpc) is 2.09. The summed E-state index contributed by atoms with van der Waals surface area (Å²) in [5.74, 6) is 0.0794. The molecule has 0 spiro atoms. The van der Waals surface area contributed by atoms with Gasteiger partial charge in [0, 0.05) is 19.8 Å². The van der Waals surface area contributed by atoms with E-state index >= 15 is 0 Å². The number of ether oxygens (including phenoxy) is 1. The first-order valence-electron chi connectivity index (χ1n) is 5.18. The summed E-state index contributed by atoms with van der Waals surface area (Å²) in [6.45, 7) is 7.85. The minimum atomic E-state index is -2.50. The van der Waals surface area contributed by atoms with Gasteiger partial charge < -0.3 is 9.26 Å². The number of carbonyl (C=O) groups is 1. The van der Waals surface area contributed by atoms with Crippen molar-refractivity contribution in [3.05, 3.63) is 0 Å². The molecule has 0 N–H and O–H groups in total. The van der Waals surface area contributed by atoms with E-state index in [2.05, 4.69) is 0 Å². The molecule has 0 aliphatic carbocycles. The summed E-state index contributed by atoms with van der Waals surface area (Å²) in [6, 6.07) is 0. The average molecular weight is 236 g/mol. The van der Waals surface area contributed by atoms with Crippen molar-refractivity contribution in [2.45, 2.75) is 27.2 Å². The number of hydrogen-bond donors (Lipinski definition) is 0. The summed E-state index contributed by atoms with van der Waals surface area (Å²) >= 11 is 0. The molecular formula is C10H21O4P. The number of hydrogen-bond acceptors (Lipinski definition) is 4. The first-order chi connectivity index (χ1) is 6.83. The van der Waals surface area contributed by atoms with Crippen molar-refractivity contribution in [1.29, 1.82) is 0 Å². The maximum Gasteiger partial charge on any atom is 0.302 e. The molecule has 4 nitrogen and oxygen atoms in total. The van der Waals surface area contributed by atoms with Gasteiger partial charge in [0.15, 0.2) is 7.37 Å². The van der Waals surface area contributed by atoms with Crippen LogP contribution < -0.4 is 0 Å². The van der Waals surface area contributed by atoms with E-state index in [1.807, 2.05) is 13.8 Å². The Labute approximate surface area is 91.8 Å². The maximum absolute atomic E-state index is 11.8. The Hall–Kier alpha value is -0.340. The molecule has 0 heterocycles. The third-order valence-electron chi connectivity index (χ3n) is 1.69. The predicted octanol–water partition coefficient (Wildman–Crippen LogP) is 2.52. The number of carbonyl (C=O) groups excluding carboxylic acids is 1. The Morgan fingerprint density at radius 2 is 2.00 bits per heavy atom. The molecular weight excluding hydrogens is 215 g/mol. The molecule has 0 aliphatic heterocycles. The van der Waals surface area contributed by atoms with E-state index in [-0.39, 0.29) is 5.97 Å². The van der Waals surface area contributed by atoms with Crippen LogP contribution in [-0.4, -0.2) is 32.0 Å². The second kappa shape index (κ2) is 7.02. The van der Waals surface area contributed by atoms with Gasteiger partial charge in [-0.2, -0.15) is 0 Å². The van der Waals surface area contributed by atoms with Crippen LogP contribution in [0, 0.1) is 5.92 Å². The molecule has 15 heavy (non-hydrogen) atoms. The Kier molecular flexibility index (Phi) is 6.86. The van der Waals surface area contributed by atoms with E-state index in [0.717, 1.165) is 0 Å². The topological polar surface area (TPSA) is 52.6 Å². The largest absolute Gasteiger partial charge is 0.466 e. The van der Waals surface area contributed by atoms with Crippen LogP contribution in [0.1, 0.15) is 27.2 Å². The van der Waals surface area contributed by atoms with E-state index in [4.69, 9.17) is 9.26 Å². The smallest absolute Gasteiger partial charge is 0.302 e. The summed E-state index contributed by atoms with van der Waals surface area (Å²) in [6.07, 6.45) is 1.05. The van der Waals surface area contributed by atoms with Crippen molar-refractivity contribution in [2.75, 3.05) is 26.0 Å². The van der Waals surface area contributed by atoms with Crippen molar-refractivity contribution < 1.29 is 18.6 Å². The molecule has 90 valence electrons. The maximum atomic E-state index is 11.8. The highest BCUT2D eigenvalue weighted by Gasteiger charge is 2.16. The Morgan fingerprint density at radius 3 is 2.47 bits per heavy atom. The van der Waals surface area contributed by atoms with Crippen molar-refractivity contribution in [1.82, 2.24) is 0 Å². The normalized spacial score (nSPS) is 15.0. The SMILES string of the molecule is CC(=O)OCCCP(C)(=O)OCC(C)C. The molecule has 0 amide bonds. The first-order valence-corrected chi connectivity index (χ1v) is 7.43. The fraction of sp³-hybridized carbons (Fsp3) is 0.900. The lowest BCUT2D eigenvalue weighted by Crippen LogP contribution is -2.05. The van der Waals surface area contributed by atoms with Crippen LogP contribution >= 0.6 is 7.37 Å². The molecule has 5 heteroatoms. The Balaban J connectivity index is 3.65. The lowest BCUT2D eigenvalue weighted by Gasteiger charge is -2.15. The van der Waals surface area contributed by atoms with Crippen LogP contribution in [0.25, 0.3) is 0 Å². The summed E-state index contributed by atoms with van der Waals surface area (Å²) in [4.78, 5) is 10.5. The van der Waals surface area contributed by atoms with Crippen LogP contribution in [0.3, 0.4) is 0 Å². The molecule has 0 aromatic carbocycles. The monoisotopic (exact) mass is 236 g/mol. The fourth-order valence-corrected chi connectivity index (χ4v) is 2.39. The molecule has 0 bridgehead atoms. The van der Waals surface area contributed by atoms with E-state index in [0.29, 0.717) is 31.7 Å². The molecule has 1 unspecified atom stereocenters. The van der Waals surface area contributed by atoms with Gasteiger partial charge in [-0.3, -0.25) is 9.36 Å². The minimum absolute atomic E-state index is 0.302. The third-order valence-corrected chi connectivity index (χ3v) is 3.52. The summed E-state index contributed by atoms with van der Waals surface area (Å²) in [5.41, 5.74) is 0. The molecule has 0 saturated heterocycles. The summed E-state index contributed by atoms with van der Waals surface area (Å²) in [7, 11) is -2.50. The van der Waals surface area contributed by atoms with Gasteiger partial charge in [0.25, 0.3) is 0 Å². The molecule has 0 radical (unpaired) electrons. The van der Waals surface area contributed by atoms with Crippen LogP contribution in [0.15, 0.2) is 0 Å². The molecule has 0 aromatic heterocycles. The zero-order chi connectivity index (χ0) is 11.9. The van der Waals surface area contributed by atoms with Crippen molar-refractivity contribution in [2.24, 2.45) is 5.92 Å². The lowest BCUT2D eigenvalue weighted by molar-refractivity contribution is -0.140. The Bertz CT molecular complexity index is 238. The van der Waals surface area contributed by atoms with Gasteiger partial charge in [0.05, 0.1) is 13.2 Å². The van der Waals surface area contributed by atoms with Crippen molar-refractivity contribution in [3.8, 4) is 0 Å². The minimum Gasteiger partial charge on any atom is -0.466 e. The molecule has 0 rings (SSSR count). The van der Waals surface area contributed by atoms with Gasteiger partial charge in [-0.1, -0.05) is 13.8 Å². The van der Waals surface area contributed by atoms with Crippen LogP contribution in [0.4, 0.5) is 0 Å². The first kappa shape index (κ1) is 14.7. The van der Waals surface area contributed by atoms with E-state index in [1.54, 1.807) is 6.66 Å². The second-order valence-corrected chi connectivity index (χ2v) is 6.85. The van der Waals surface area contributed by atoms with E-state index in [1.165, 1.54) is 6.92 Å². The van der Waals surface area contributed by atoms with Crippen molar-refractivity contribution in [3.63, 3.8) is 0 Å². The van der Waals surface area contributed by atoms with E-state index in [9.17, 15) is 9.36 Å². The van der Waals surface area contributed by atoms with Gasteiger partial charge in [-0.25, -0.2) is 0 Å². The van der Waals surface area contributed by atoms with Crippen molar-refractivity contribution >= 4 is 13.3 Å². The highest BCUT2D eigenvalue weighted by Crippen LogP contribution is 2.43. The molecule has 0 fully saturated rings. The zero-order valence-corrected chi connectivity index (χ0v) is 10.9. The number of esters is 1.